The van der Waals surface area contributed by atoms with Crippen molar-refractivity contribution in [3.8, 4) is 23.0 Å². The molecule has 3 aromatic rings. The molecule has 0 bridgehead atoms. The molecule has 2 aromatic carbocycles. The van der Waals surface area contributed by atoms with Gasteiger partial charge in [0.2, 0.25) is 17.5 Å². The lowest BCUT2D eigenvalue weighted by Gasteiger charge is -2.41. The minimum absolute atomic E-state index is 0.0179. The van der Waals surface area contributed by atoms with E-state index < -0.39 is 67.3 Å². The fraction of sp³-hybridized carbons (Fsp3) is 0.500. The van der Waals surface area contributed by atoms with Crippen LogP contribution in [0.5, 0.6) is 23.0 Å². The van der Waals surface area contributed by atoms with Crippen molar-refractivity contribution in [2.45, 2.75) is 55.3 Å². The number of benzene rings is 2. The maximum Gasteiger partial charge on any atom is 0.229 e. The molecule has 5 rings (SSSR count). The first-order valence-corrected chi connectivity index (χ1v) is 12.5. The number of phenols is 1. The van der Waals surface area contributed by atoms with E-state index in [1.807, 2.05) is 0 Å². The summed E-state index contributed by atoms with van der Waals surface area (Å²) in [6.45, 7) is -0.819. The average molecular weight is 583 g/mol. The van der Waals surface area contributed by atoms with E-state index in [2.05, 4.69) is 0 Å². The molecule has 2 aliphatic heterocycles. The van der Waals surface area contributed by atoms with Crippen LogP contribution >= 0.6 is 0 Å². The fourth-order valence-corrected chi connectivity index (χ4v) is 4.75. The van der Waals surface area contributed by atoms with E-state index in [4.69, 9.17) is 32.8 Å². The lowest BCUT2D eigenvalue weighted by molar-refractivity contribution is -0.307. The molecule has 0 spiro atoms. The van der Waals surface area contributed by atoms with Gasteiger partial charge >= 0.3 is 0 Å². The molecule has 2 aliphatic rings. The number of aliphatic hydroxyl groups excluding tert-OH is 6. The second-order valence-corrected chi connectivity index (χ2v) is 9.64. The van der Waals surface area contributed by atoms with Crippen LogP contribution in [-0.2, 0) is 14.2 Å². The van der Waals surface area contributed by atoms with Crippen LogP contribution in [0.4, 0.5) is 0 Å². The fourth-order valence-electron chi connectivity index (χ4n) is 4.75. The topological polar surface area (TPSA) is 227 Å². The van der Waals surface area contributed by atoms with Crippen molar-refractivity contribution >= 4 is 21.9 Å². The maximum absolute atomic E-state index is 13.5. The number of methoxy groups -OCH3 is 2. The number of rotatable bonds is 7. The van der Waals surface area contributed by atoms with Gasteiger partial charge in [0.05, 0.1) is 32.8 Å². The summed E-state index contributed by atoms with van der Waals surface area (Å²) in [5.41, 5.74) is -0.624. The second-order valence-electron chi connectivity index (χ2n) is 9.64. The summed E-state index contributed by atoms with van der Waals surface area (Å²) in [4.78, 5) is 13.5. The zero-order valence-electron chi connectivity index (χ0n) is 21.8. The van der Waals surface area contributed by atoms with Gasteiger partial charge in [0.25, 0.3) is 0 Å². The number of aromatic hydroxyl groups is 1. The lowest BCUT2D eigenvalue weighted by atomic mass is 9.99. The Balaban J connectivity index is 1.46. The molecule has 15 nitrogen and oxygen atoms in total. The van der Waals surface area contributed by atoms with Gasteiger partial charge in [0, 0.05) is 12.1 Å². The Morgan fingerprint density at radius 1 is 0.902 bits per heavy atom. The van der Waals surface area contributed by atoms with Crippen LogP contribution in [-0.4, -0.2) is 118 Å². The molecule has 0 unspecified atom stereocenters. The van der Waals surface area contributed by atoms with Crippen molar-refractivity contribution in [2.75, 3.05) is 27.4 Å². The van der Waals surface area contributed by atoms with E-state index in [1.54, 1.807) is 0 Å². The SMILES string of the molecule is COc1cc(O[C@@H]2O[C@H](CO[C@@H]3OC[C@@H](O)[C@H](O)[C@H]3O)[C@@H](O)[C@H](O)[C@H]2O)c2c(=O)c3ccc(O)c(OC)c3oc2c1. The van der Waals surface area contributed by atoms with E-state index >= 15 is 0 Å². The van der Waals surface area contributed by atoms with Gasteiger partial charge in [-0.3, -0.25) is 4.79 Å². The highest BCUT2D eigenvalue weighted by Crippen LogP contribution is 2.38. The van der Waals surface area contributed by atoms with E-state index in [1.165, 1.54) is 38.5 Å². The van der Waals surface area contributed by atoms with Crippen molar-refractivity contribution in [2.24, 2.45) is 0 Å². The highest BCUT2D eigenvalue weighted by atomic mass is 16.7. The van der Waals surface area contributed by atoms with Crippen molar-refractivity contribution in [3.05, 3.63) is 34.5 Å². The largest absolute Gasteiger partial charge is 0.504 e. The van der Waals surface area contributed by atoms with Crippen molar-refractivity contribution in [1.82, 2.24) is 0 Å². The first-order valence-electron chi connectivity index (χ1n) is 12.5. The molecule has 0 amide bonds. The number of hydrogen-bond acceptors (Lipinski definition) is 15. The van der Waals surface area contributed by atoms with E-state index in [9.17, 15) is 40.5 Å². The Hall–Kier alpha value is -3.25. The Kier molecular flexibility index (Phi) is 8.24. The molecule has 0 saturated carbocycles. The average Bonchev–Trinajstić information content (AvgIpc) is 2.96. The summed E-state index contributed by atoms with van der Waals surface area (Å²) < 4.78 is 38.5. The van der Waals surface area contributed by atoms with Crippen LogP contribution in [0, 0.1) is 0 Å². The van der Waals surface area contributed by atoms with Crippen molar-refractivity contribution < 1.29 is 68.6 Å². The predicted octanol–water partition coefficient (Wildman–Crippen LogP) is -1.69. The lowest BCUT2D eigenvalue weighted by Crippen LogP contribution is -2.61. The van der Waals surface area contributed by atoms with E-state index in [0.29, 0.717) is 0 Å². The highest BCUT2D eigenvalue weighted by molar-refractivity contribution is 5.96. The molecule has 0 radical (unpaired) electrons. The van der Waals surface area contributed by atoms with Gasteiger partial charge < -0.3 is 68.6 Å². The summed E-state index contributed by atoms with van der Waals surface area (Å²) >= 11 is 0. The van der Waals surface area contributed by atoms with Crippen LogP contribution in [0.25, 0.3) is 21.9 Å². The smallest absolute Gasteiger partial charge is 0.229 e. The zero-order chi connectivity index (χ0) is 29.6. The Morgan fingerprint density at radius 2 is 1.63 bits per heavy atom. The molecule has 41 heavy (non-hydrogen) atoms. The quantitative estimate of drug-likeness (QED) is 0.154. The van der Waals surface area contributed by atoms with Gasteiger partial charge in [0.1, 0.15) is 65.2 Å². The number of aliphatic hydroxyl groups is 6. The first kappa shape index (κ1) is 29.2. The number of phenolic OH excluding ortho intramolecular Hbond substituents is 1. The summed E-state index contributed by atoms with van der Waals surface area (Å²) in [6, 6.07) is 5.34. The molecular weight excluding hydrogens is 552 g/mol. The molecule has 3 heterocycles. The van der Waals surface area contributed by atoms with Crippen LogP contribution in [0.15, 0.2) is 33.5 Å². The summed E-state index contributed by atoms with van der Waals surface area (Å²) in [7, 11) is 2.65. The third-order valence-electron chi connectivity index (χ3n) is 7.05. The van der Waals surface area contributed by atoms with Gasteiger partial charge in [-0.15, -0.1) is 0 Å². The van der Waals surface area contributed by atoms with Crippen molar-refractivity contribution in [1.29, 1.82) is 0 Å². The normalized spacial score (nSPS) is 32.2. The van der Waals surface area contributed by atoms with Gasteiger partial charge in [-0.2, -0.15) is 0 Å². The molecule has 224 valence electrons. The van der Waals surface area contributed by atoms with Crippen LogP contribution in [0.3, 0.4) is 0 Å². The first-order chi connectivity index (χ1) is 19.5. The van der Waals surface area contributed by atoms with Gasteiger partial charge in [-0.05, 0) is 12.1 Å². The predicted molar refractivity (Wildman–Crippen MR) is 136 cm³/mol. The highest BCUT2D eigenvalue weighted by Gasteiger charge is 2.46. The minimum Gasteiger partial charge on any atom is -0.504 e. The molecule has 7 N–H and O–H groups in total. The monoisotopic (exact) mass is 582 g/mol. The molecular formula is C26H30O15. The van der Waals surface area contributed by atoms with Gasteiger partial charge in [-0.25, -0.2) is 0 Å². The number of fused-ring (bicyclic) bond motifs is 2. The Morgan fingerprint density at radius 3 is 2.34 bits per heavy atom. The summed E-state index contributed by atoms with van der Waals surface area (Å²) in [5, 5.41) is 71.3. The van der Waals surface area contributed by atoms with Gasteiger partial charge in [-0.1, -0.05) is 0 Å². The minimum atomic E-state index is -1.79. The molecule has 0 aliphatic carbocycles. The third kappa shape index (κ3) is 5.27. The number of ether oxygens (including phenoxy) is 6. The van der Waals surface area contributed by atoms with Crippen LogP contribution < -0.4 is 19.6 Å². The van der Waals surface area contributed by atoms with Crippen molar-refractivity contribution in [3.63, 3.8) is 0 Å². The molecule has 1 aromatic heterocycles. The standard InChI is InChI=1S/C26H30O15/c1-35-9-5-13-16(17(29)10-3-4-11(27)24(36-2)23(10)39-13)14(6-9)40-26-22(34)20(32)19(31)15(41-26)8-38-25-21(33)18(30)12(28)7-37-25/h3-6,12,15,18-22,25-28,30-34H,7-8H2,1-2H3/t12-,15-,18+,19-,20+,21-,22-,25+,26-/m1/s1. The summed E-state index contributed by atoms with van der Waals surface area (Å²) in [6.07, 6.45) is -14.1. The van der Waals surface area contributed by atoms with Crippen LogP contribution in [0.1, 0.15) is 0 Å². The van der Waals surface area contributed by atoms with Crippen LogP contribution in [0.2, 0.25) is 0 Å². The second kappa shape index (κ2) is 11.6. The third-order valence-corrected chi connectivity index (χ3v) is 7.05. The maximum atomic E-state index is 13.5. The Bertz CT molecular complexity index is 1460. The Labute approximate surface area is 231 Å². The molecule has 2 fully saturated rings. The zero-order valence-corrected chi connectivity index (χ0v) is 21.8. The molecule has 15 heteroatoms. The van der Waals surface area contributed by atoms with Gasteiger partial charge in [0.15, 0.2) is 17.6 Å². The molecule has 9 atom stereocenters. The number of hydrogen-bond donors (Lipinski definition) is 7. The van der Waals surface area contributed by atoms with E-state index in [-0.39, 0.29) is 51.5 Å². The summed E-state index contributed by atoms with van der Waals surface area (Å²) in [5.74, 6) is -0.285. The molecule has 2 saturated heterocycles. The van der Waals surface area contributed by atoms with E-state index in [0.717, 1.165) is 0 Å².